The van der Waals surface area contributed by atoms with E-state index >= 15 is 0 Å². The molecule has 0 saturated carbocycles. The highest BCUT2D eigenvalue weighted by molar-refractivity contribution is 5.96. The Morgan fingerprint density at radius 1 is 0.822 bits per heavy atom. The lowest BCUT2D eigenvalue weighted by atomic mass is 9.84. The Bertz CT molecular complexity index is 1430. The van der Waals surface area contributed by atoms with Crippen molar-refractivity contribution in [3.05, 3.63) is 106 Å². The van der Waals surface area contributed by atoms with Crippen molar-refractivity contribution in [3.8, 4) is 0 Å². The minimum absolute atomic E-state index is 0.183. The third-order valence-electron chi connectivity index (χ3n) is 9.83. The highest BCUT2D eigenvalue weighted by atomic mass is 19.1. The van der Waals surface area contributed by atoms with Gasteiger partial charge in [-0.1, -0.05) is 48.5 Å². The van der Waals surface area contributed by atoms with Crippen LogP contribution in [0.5, 0.6) is 0 Å². The van der Waals surface area contributed by atoms with Gasteiger partial charge in [0.1, 0.15) is 5.82 Å². The van der Waals surface area contributed by atoms with Gasteiger partial charge in [0.05, 0.1) is 12.0 Å². The Balaban J connectivity index is 1.05. The zero-order valence-corrected chi connectivity index (χ0v) is 27.3. The van der Waals surface area contributed by atoms with Gasteiger partial charge in [-0.3, -0.25) is 19.4 Å². The summed E-state index contributed by atoms with van der Waals surface area (Å²) in [6, 6.07) is 21.6. The molecule has 240 valence electrons. The molecule has 0 bridgehead atoms. The monoisotopic (exact) mass is 612 g/mol. The van der Waals surface area contributed by atoms with Crippen LogP contribution in [0.25, 0.3) is 0 Å². The van der Waals surface area contributed by atoms with E-state index in [1.54, 1.807) is 0 Å². The predicted molar refractivity (Wildman–Crippen MR) is 178 cm³/mol. The maximum absolute atomic E-state index is 13.2. The largest absolute Gasteiger partial charge is 0.465 e. The summed E-state index contributed by atoms with van der Waals surface area (Å²) in [7, 11) is 0. The van der Waals surface area contributed by atoms with E-state index in [9.17, 15) is 14.0 Å². The van der Waals surface area contributed by atoms with Crippen LogP contribution in [0, 0.1) is 11.7 Å². The molecule has 1 fully saturated rings. The molecule has 0 atom stereocenters. The molecule has 45 heavy (non-hydrogen) atoms. The number of rotatable bonds is 12. The van der Waals surface area contributed by atoms with Crippen molar-refractivity contribution in [1.82, 2.24) is 9.80 Å². The average Bonchev–Trinajstić information content (AvgIpc) is 3.25. The number of likely N-dealkylation sites (tertiary alicyclic amines) is 1. The molecule has 3 aromatic rings. The number of nitrogens with zero attached hydrogens (tertiary/aromatic N) is 2. The van der Waals surface area contributed by atoms with Gasteiger partial charge in [-0.15, -0.1) is 0 Å². The minimum atomic E-state index is -0.668. The van der Waals surface area contributed by atoms with Gasteiger partial charge in [0.25, 0.3) is 0 Å². The summed E-state index contributed by atoms with van der Waals surface area (Å²) in [4.78, 5) is 30.5. The molecule has 0 radical (unpaired) electrons. The number of ketones is 1. The van der Waals surface area contributed by atoms with Gasteiger partial charge in [-0.25, -0.2) is 4.39 Å². The maximum Gasteiger partial charge on any atom is 0.315 e. The van der Waals surface area contributed by atoms with Crippen LogP contribution in [0.4, 0.5) is 4.39 Å². The summed E-state index contributed by atoms with van der Waals surface area (Å²) >= 11 is 0. The first-order valence-electron chi connectivity index (χ1n) is 16.8. The van der Waals surface area contributed by atoms with Crippen LogP contribution >= 0.6 is 0 Å². The lowest BCUT2D eigenvalue weighted by Crippen LogP contribution is -2.33. The lowest BCUT2D eigenvalue weighted by molar-refractivity contribution is -0.148. The summed E-state index contributed by atoms with van der Waals surface area (Å²) in [5.41, 5.74) is 6.22. The first-order chi connectivity index (χ1) is 21.7. The SMILES string of the molecule is CCOC(=O)C(C)(C)c1ccc(CN2CCc3ccc(C(=O)CCCC4CCN(Cc5ccc(F)cc5)CC4)cc3CC2)cc1. The van der Waals surface area contributed by atoms with Crippen molar-refractivity contribution in [1.29, 1.82) is 0 Å². The second-order valence-corrected chi connectivity index (χ2v) is 13.5. The number of hydrogen-bond acceptors (Lipinski definition) is 5. The fourth-order valence-corrected chi connectivity index (χ4v) is 6.79. The van der Waals surface area contributed by atoms with Crippen molar-refractivity contribution < 1.29 is 18.7 Å². The summed E-state index contributed by atoms with van der Waals surface area (Å²) in [6.45, 7) is 11.9. The Morgan fingerprint density at radius 3 is 2.07 bits per heavy atom. The summed E-state index contributed by atoms with van der Waals surface area (Å²) in [5, 5.41) is 0. The van der Waals surface area contributed by atoms with Crippen LogP contribution < -0.4 is 0 Å². The van der Waals surface area contributed by atoms with Crippen molar-refractivity contribution in [2.24, 2.45) is 5.92 Å². The van der Waals surface area contributed by atoms with Crippen LogP contribution in [0.1, 0.15) is 91.1 Å². The number of halogens is 1. The van der Waals surface area contributed by atoms with Crippen LogP contribution in [-0.4, -0.2) is 54.3 Å². The van der Waals surface area contributed by atoms with Crippen molar-refractivity contribution in [2.75, 3.05) is 32.8 Å². The highest BCUT2D eigenvalue weighted by Gasteiger charge is 2.31. The van der Waals surface area contributed by atoms with E-state index in [0.717, 1.165) is 81.6 Å². The third-order valence-corrected chi connectivity index (χ3v) is 9.83. The molecule has 0 amide bonds. The molecule has 0 N–H and O–H groups in total. The quantitative estimate of drug-likeness (QED) is 0.156. The number of fused-ring (bicyclic) bond motifs is 1. The molecular weight excluding hydrogens is 563 g/mol. The minimum Gasteiger partial charge on any atom is -0.465 e. The molecule has 0 aromatic heterocycles. The lowest BCUT2D eigenvalue weighted by Gasteiger charge is -2.32. The maximum atomic E-state index is 13.2. The number of ether oxygens (including phenoxy) is 1. The van der Waals surface area contributed by atoms with Gasteiger partial charge in [0.2, 0.25) is 0 Å². The Hall–Kier alpha value is -3.35. The number of Topliss-reactive ketones (excluding diaryl/α,β-unsaturated/α-hetero) is 1. The molecule has 1 saturated heterocycles. The number of esters is 1. The van der Waals surface area contributed by atoms with Gasteiger partial charge in [0, 0.05) is 38.2 Å². The zero-order valence-electron chi connectivity index (χ0n) is 27.3. The Labute approximate surface area is 268 Å². The fraction of sp³-hybridized carbons (Fsp3) is 0.487. The van der Waals surface area contributed by atoms with Gasteiger partial charge in [-0.2, -0.15) is 0 Å². The first-order valence-corrected chi connectivity index (χ1v) is 16.8. The first kappa shape index (κ1) is 33.0. The van der Waals surface area contributed by atoms with E-state index in [2.05, 4.69) is 46.2 Å². The van der Waals surface area contributed by atoms with Crippen LogP contribution in [-0.2, 0) is 40.9 Å². The van der Waals surface area contributed by atoms with Crippen LogP contribution in [0.15, 0.2) is 66.7 Å². The molecule has 2 aliphatic rings. The normalized spacial score (nSPS) is 16.6. The van der Waals surface area contributed by atoms with E-state index in [1.165, 1.54) is 41.7 Å². The molecule has 6 heteroatoms. The van der Waals surface area contributed by atoms with Crippen molar-refractivity contribution in [2.45, 2.75) is 84.2 Å². The average molecular weight is 613 g/mol. The van der Waals surface area contributed by atoms with E-state index < -0.39 is 5.41 Å². The number of piperidine rings is 1. The van der Waals surface area contributed by atoms with E-state index in [-0.39, 0.29) is 17.6 Å². The number of hydrogen-bond donors (Lipinski definition) is 0. The standard InChI is InChI=1S/C39H49FN2O3/c1-4-45-38(44)39(2,3)35-14-8-30(9-15-35)27-42-24-20-32-12-13-34(26-33(32)21-25-42)37(43)7-5-6-29-18-22-41(23-19-29)28-31-10-16-36(40)17-11-31/h8-17,26,29H,4-7,18-25,27-28H2,1-3H3. The third kappa shape index (κ3) is 8.89. The molecule has 0 spiro atoms. The molecule has 2 heterocycles. The smallest absolute Gasteiger partial charge is 0.315 e. The number of carbonyl (C=O) groups is 2. The summed E-state index contributed by atoms with van der Waals surface area (Å²) in [5.74, 6) is 0.564. The highest BCUT2D eigenvalue weighted by Crippen LogP contribution is 2.27. The molecule has 0 unspecified atom stereocenters. The fourth-order valence-electron chi connectivity index (χ4n) is 6.79. The van der Waals surface area contributed by atoms with Gasteiger partial charge < -0.3 is 4.74 Å². The van der Waals surface area contributed by atoms with Gasteiger partial charge in [0.15, 0.2) is 5.78 Å². The zero-order chi connectivity index (χ0) is 31.8. The second kappa shape index (κ2) is 15.3. The summed E-state index contributed by atoms with van der Waals surface area (Å²) < 4.78 is 18.5. The topological polar surface area (TPSA) is 49.9 Å². The predicted octanol–water partition coefficient (Wildman–Crippen LogP) is 7.53. The van der Waals surface area contributed by atoms with E-state index in [4.69, 9.17) is 4.74 Å². The molecule has 5 nitrogen and oxygen atoms in total. The molecule has 3 aromatic carbocycles. The second-order valence-electron chi connectivity index (χ2n) is 13.5. The number of benzene rings is 3. The van der Waals surface area contributed by atoms with Crippen molar-refractivity contribution >= 4 is 11.8 Å². The van der Waals surface area contributed by atoms with E-state index in [0.29, 0.717) is 18.9 Å². The number of carbonyl (C=O) groups excluding carboxylic acids is 2. The van der Waals surface area contributed by atoms with Gasteiger partial charge in [-0.05, 0) is 124 Å². The molecule has 0 aliphatic carbocycles. The Morgan fingerprint density at radius 2 is 1.42 bits per heavy atom. The summed E-state index contributed by atoms with van der Waals surface area (Å²) in [6.07, 6.45) is 6.93. The molecular formula is C39H49FN2O3. The van der Waals surface area contributed by atoms with Crippen LogP contribution in [0.2, 0.25) is 0 Å². The van der Waals surface area contributed by atoms with E-state index in [1.807, 2.05) is 39.0 Å². The molecule has 5 rings (SSSR count). The van der Waals surface area contributed by atoms with Gasteiger partial charge >= 0.3 is 5.97 Å². The van der Waals surface area contributed by atoms with Crippen LogP contribution in [0.3, 0.4) is 0 Å². The Kier molecular flexibility index (Phi) is 11.2. The van der Waals surface area contributed by atoms with Crippen molar-refractivity contribution in [3.63, 3.8) is 0 Å². The molecule has 2 aliphatic heterocycles.